The molecule has 0 saturated carbocycles. The first-order chi connectivity index (χ1) is 10.3. The van der Waals surface area contributed by atoms with Gasteiger partial charge in [0.05, 0.1) is 11.3 Å². The summed E-state index contributed by atoms with van der Waals surface area (Å²) < 4.78 is 26.8. The second kappa shape index (κ2) is 6.41. The van der Waals surface area contributed by atoms with Gasteiger partial charge in [0, 0.05) is 11.6 Å². The predicted molar refractivity (Wildman–Crippen MR) is 83.8 cm³/mol. The Labute approximate surface area is 129 Å². The van der Waals surface area contributed by atoms with Crippen LogP contribution in [0.5, 0.6) is 0 Å². The normalized spacial score (nSPS) is 13.4. The maximum atomic E-state index is 12.3. The quantitative estimate of drug-likeness (QED) is 0.845. The van der Waals surface area contributed by atoms with Gasteiger partial charge < -0.3 is 5.11 Å². The molecule has 0 aliphatic rings. The van der Waals surface area contributed by atoms with E-state index in [2.05, 4.69) is 9.71 Å². The minimum absolute atomic E-state index is 0.308. The van der Waals surface area contributed by atoms with Gasteiger partial charge in [0.15, 0.2) is 0 Å². The number of carbonyl (C=O) groups is 1. The molecule has 0 spiro atoms. The number of para-hydroxylation sites is 1. The van der Waals surface area contributed by atoms with Crippen molar-refractivity contribution in [2.45, 2.75) is 25.6 Å². The Morgan fingerprint density at radius 3 is 2.59 bits per heavy atom. The average Bonchev–Trinajstić information content (AvgIpc) is 2.44. The molecule has 1 heterocycles. The van der Waals surface area contributed by atoms with Gasteiger partial charge in [-0.1, -0.05) is 38.1 Å². The number of fused-ring (bicyclic) bond motifs is 1. The summed E-state index contributed by atoms with van der Waals surface area (Å²) in [6, 6.07) is 7.76. The number of hydrogen-bond donors (Lipinski definition) is 2. The van der Waals surface area contributed by atoms with Crippen LogP contribution in [0.25, 0.3) is 10.9 Å². The zero-order chi connectivity index (χ0) is 16.3. The summed E-state index contributed by atoms with van der Waals surface area (Å²) in [6.45, 7) is 3.31. The lowest BCUT2D eigenvalue weighted by Gasteiger charge is -2.18. The summed E-state index contributed by atoms with van der Waals surface area (Å²) in [4.78, 5) is 15.4. The van der Waals surface area contributed by atoms with E-state index in [1.54, 1.807) is 38.2 Å². The summed E-state index contributed by atoms with van der Waals surface area (Å²) in [6.07, 6.45) is 1.60. The van der Waals surface area contributed by atoms with Crippen LogP contribution in [0.3, 0.4) is 0 Å². The highest BCUT2D eigenvalue weighted by Crippen LogP contribution is 2.18. The van der Waals surface area contributed by atoms with Gasteiger partial charge in [0.1, 0.15) is 6.04 Å². The molecule has 2 aromatic rings. The highest BCUT2D eigenvalue weighted by atomic mass is 32.2. The Morgan fingerprint density at radius 2 is 1.95 bits per heavy atom. The zero-order valence-electron chi connectivity index (χ0n) is 12.4. The molecule has 2 rings (SSSR count). The largest absolute Gasteiger partial charge is 0.480 e. The summed E-state index contributed by atoms with van der Waals surface area (Å²) in [5, 5.41) is 9.95. The fraction of sp³-hybridized carbons (Fsp3) is 0.333. The summed E-state index contributed by atoms with van der Waals surface area (Å²) in [5.74, 6) is -1.84. The third-order valence-electron chi connectivity index (χ3n) is 3.30. The van der Waals surface area contributed by atoms with E-state index < -0.39 is 22.0 Å². The molecule has 0 fully saturated rings. The van der Waals surface area contributed by atoms with Crippen molar-refractivity contribution in [1.82, 2.24) is 9.71 Å². The Morgan fingerprint density at radius 1 is 1.27 bits per heavy atom. The van der Waals surface area contributed by atoms with Crippen molar-refractivity contribution in [3.63, 3.8) is 0 Å². The molecule has 0 amide bonds. The van der Waals surface area contributed by atoms with E-state index in [1.807, 2.05) is 12.1 Å². The summed E-state index contributed by atoms with van der Waals surface area (Å²) >= 11 is 0. The van der Waals surface area contributed by atoms with Crippen molar-refractivity contribution in [1.29, 1.82) is 0 Å². The van der Waals surface area contributed by atoms with Crippen molar-refractivity contribution in [3.8, 4) is 0 Å². The fourth-order valence-electron chi connectivity index (χ4n) is 2.20. The third kappa shape index (κ3) is 3.80. The molecule has 2 N–H and O–H groups in total. The first-order valence-electron chi connectivity index (χ1n) is 6.85. The van der Waals surface area contributed by atoms with E-state index in [1.165, 1.54) is 0 Å². The zero-order valence-corrected chi connectivity index (χ0v) is 13.2. The van der Waals surface area contributed by atoms with Crippen LogP contribution >= 0.6 is 0 Å². The Bertz CT molecular complexity index is 782. The lowest BCUT2D eigenvalue weighted by atomic mass is 10.1. The Balaban J connectivity index is 2.29. The molecule has 1 aromatic heterocycles. The molecule has 0 aliphatic heterocycles. The van der Waals surface area contributed by atoms with Crippen molar-refractivity contribution >= 4 is 26.9 Å². The van der Waals surface area contributed by atoms with Gasteiger partial charge in [-0.05, 0) is 17.5 Å². The number of aromatic nitrogens is 1. The van der Waals surface area contributed by atoms with E-state index in [4.69, 9.17) is 5.11 Å². The van der Waals surface area contributed by atoms with E-state index in [-0.39, 0.29) is 11.7 Å². The second-order valence-electron chi connectivity index (χ2n) is 5.43. The number of sulfonamides is 1. The topological polar surface area (TPSA) is 96.4 Å². The first kappa shape index (κ1) is 16.4. The lowest BCUT2D eigenvalue weighted by Crippen LogP contribution is -2.44. The van der Waals surface area contributed by atoms with Crippen molar-refractivity contribution in [2.24, 2.45) is 5.92 Å². The molecular weight excluding hydrogens is 304 g/mol. The van der Waals surface area contributed by atoms with Gasteiger partial charge in [-0.25, -0.2) is 13.1 Å². The number of pyridine rings is 1. The number of carboxylic acid groups (broad SMARTS) is 1. The van der Waals surface area contributed by atoms with Gasteiger partial charge in [-0.2, -0.15) is 0 Å². The summed E-state index contributed by atoms with van der Waals surface area (Å²) in [5.41, 5.74) is 1.14. The maximum Gasteiger partial charge on any atom is 0.321 e. The van der Waals surface area contributed by atoms with Crippen LogP contribution in [0.15, 0.2) is 36.5 Å². The average molecular weight is 322 g/mol. The standard InChI is InChI=1S/C15H18N2O4S/c1-10(2)13(15(18)19)17-22(20,21)9-12-6-3-5-11-7-4-8-16-14(11)12/h3-8,10,13,17H,9H2,1-2H3,(H,18,19)/t13-/m1/s1. The molecule has 0 radical (unpaired) electrons. The first-order valence-corrected chi connectivity index (χ1v) is 8.51. The maximum absolute atomic E-state index is 12.3. The van der Waals surface area contributed by atoms with E-state index >= 15 is 0 Å². The molecule has 22 heavy (non-hydrogen) atoms. The number of hydrogen-bond acceptors (Lipinski definition) is 4. The molecule has 1 atom stereocenters. The van der Waals surface area contributed by atoms with Crippen LogP contribution in [-0.4, -0.2) is 30.5 Å². The van der Waals surface area contributed by atoms with E-state index in [0.717, 1.165) is 5.39 Å². The molecule has 0 aliphatic carbocycles. The molecule has 0 unspecified atom stereocenters. The Hall–Kier alpha value is -1.99. The summed E-state index contributed by atoms with van der Waals surface area (Å²) in [7, 11) is -3.79. The van der Waals surface area contributed by atoms with Gasteiger partial charge >= 0.3 is 5.97 Å². The fourth-order valence-corrected chi connectivity index (χ4v) is 3.68. The number of rotatable bonds is 6. The monoisotopic (exact) mass is 322 g/mol. The van der Waals surface area contributed by atoms with Gasteiger partial charge in [0.2, 0.25) is 10.0 Å². The van der Waals surface area contributed by atoms with Crippen LogP contribution < -0.4 is 4.72 Å². The van der Waals surface area contributed by atoms with Crippen LogP contribution in [-0.2, 0) is 20.6 Å². The highest BCUT2D eigenvalue weighted by molar-refractivity contribution is 7.88. The van der Waals surface area contributed by atoms with Gasteiger partial charge in [0.25, 0.3) is 0 Å². The van der Waals surface area contributed by atoms with Crippen molar-refractivity contribution in [3.05, 3.63) is 42.1 Å². The number of aliphatic carboxylic acids is 1. The molecule has 118 valence electrons. The minimum atomic E-state index is -3.79. The number of benzene rings is 1. The lowest BCUT2D eigenvalue weighted by molar-refractivity contribution is -0.140. The van der Waals surface area contributed by atoms with Crippen LogP contribution in [0.2, 0.25) is 0 Å². The molecule has 7 heteroatoms. The van der Waals surface area contributed by atoms with E-state index in [9.17, 15) is 13.2 Å². The number of nitrogens with one attached hydrogen (secondary N) is 1. The molecule has 1 aromatic carbocycles. The number of nitrogens with zero attached hydrogens (tertiary/aromatic N) is 1. The van der Waals surface area contributed by atoms with E-state index in [0.29, 0.717) is 11.1 Å². The highest BCUT2D eigenvalue weighted by Gasteiger charge is 2.27. The molecular formula is C15H18N2O4S. The van der Waals surface area contributed by atoms with Crippen molar-refractivity contribution < 1.29 is 18.3 Å². The van der Waals surface area contributed by atoms with Gasteiger partial charge in [-0.15, -0.1) is 0 Å². The van der Waals surface area contributed by atoms with Crippen LogP contribution in [0.4, 0.5) is 0 Å². The van der Waals surface area contributed by atoms with Gasteiger partial charge in [-0.3, -0.25) is 9.78 Å². The van der Waals surface area contributed by atoms with Crippen LogP contribution in [0.1, 0.15) is 19.4 Å². The van der Waals surface area contributed by atoms with Crippen molar-refractivity contribution in [2.75, 3.05) is 0 Å². The Kier molecular flexibility index (Phi) is 4.77. The minimum Gasteiger partial charge on any atom is -0.480 e. The smallest absolute Gasteiger partial charge is 0.321 e. The predicted octanol–water partition coefficient (Wildman–Crippen LogP) is 1.76. The second-order valence-corrected chi connectivity index (χ2v) is 7.18. The molecule has 6 nitrogen and oxygen atoms in total. The molecule has 0 bridgehead atoms. The number of carboxylic acids is 1. The molecule has 0 saturated heterocycles. The SMILES string of the molecule is CC(C)[C@@H](NS(=O)(=O)Cc1cccc2cccnc12)C(=O)O. The van der Waals surface area contributed by atoms with Crippen LogP contribution in [0, 0.1) is 5.92 Å². The third-order valence-corrected chi connectivity index (χ3v) is 4.61.